The first-order valence-electron chi connectivity index (χ1n) is 6.64. The lowest BCUT2D eigenvalue weighted by molar-refractivity contribution is -0.124. The molecule has 1 atom stereocenters. The Morgan fingerprint density at radius 3 is 2.68 bits per heavy atom. The molecule has 0 aliphatic heterocycles. The van der Waals surface area contributed by atoms with E-state index >= 15 is 0 Å². The van der Waals surface area contributed by atoms with Crippen molar-refractivity contribution < 1.29 is 9.53 Å². The standard InChI is InChI=1S/C14H23N3O2/c1-4-13(14(15)18)19-12-6-5-11(17-9-12)8-16-7-10(2)3/h5-6,9-10,13,16H,4,7-8H2,1-3H3,(H2,15,18). The van der Waals surface area contributed by atoms with Crippen molar-refractivity contribution in [2.75, 3.05) is 6.54 Å². The highest BCUT2D eigenvalue weighted by Gasteiger charge is 2.14. The van der Waals surface area contributed by atoms with Crippen LogP contribution in [-0.4, -0.2) is 23.5 Å². The highest BCUT2D eigenvalue weighted by molar-refractivity contribution is 5.79. The van der Waals surface area contributed by atoms with Crippen molar-refractivity contribution in [2.24, 2.45) is 11.7 Å². The molecule has 106 valence electrons. The van der Waals surface area contributed by atoms with Gasteiger partial charge in [0.15, 0.2) is 6.10 Å². The van der Waals surface area contributed by atoms with Gasteiger partial charge >= 0.3 is 0 Å². The molecule has 1 unspecified atom stereocenters. The van der Waals surface area contributed by atoms with E-state index in [1.54, 1.807) is 6.20 Å². The lowest BCUT2D eigenvalue weighted by Gasteiger charge is -2.14. The van der Waals surface area contributed by atoms with E-state index in [0.29, 0.717) is 18.1 Å². The van der Waals surface area contributed by atoms with Crippen molar-refractivity contribution in [3.05, 3.63) is 24.0 Å². The number of nitrogens with two attached hydrogens (primary N) is 1. The molecule has 0 aliphatic rings. The van der Waals surface area contributed by atoms with Gasteiger partial charge in [0.05, 0.1) is 11.9 Å². The van der Waals surface area contributed by atoms with Gasteiger partial charge in [0.1, 0.15) is 5.75 Å². The topological polar surface area (TPSA) is 77.2 Å². The molecule has 0 bridgehead atoms. The molecule has 19 heavy (non-hydrogen) atoms. The maximum absolute atomic E-state index is 11.1. The summed E-state index contributed by atoms with van der Waals surface area (Å²) in [6, 6.07) is 3.70. The highest BCUT2D eigenvalue weighted by Crippen LogP contribution is 2.12. The number of nitrogens with zero attached hydrogens (tertiary/aromatic N) is 1. The molecule has 1 rings (SSSR count). The van der Waals surface area contributed by atoms with Crippen molar-refractivity contribution in [1.29, 1.82) is 0 Å². The minimum Gasteiger partial charge on any atom is -0.479 e. The second kappa shape index (κ2) is 7.74. The van der Waals surface area contributed by atoms with E-state index in [4.69, 9.17) is 10.5 Å². The molecule has 0 saturated heterocycles. The van der Waals surface area contributed by atoms with Crippen LogP contribution in [0, 0.1) is 5.92 Å². The van der Waals surface area contributed by atoms with Gasteiger partial charge in [-0.05, 0) is 31.0 Å². The average molecular weight is 265 g/mol. The summed E-state index contributed by atoms with van der Waals surface area (Å²) in [5, 5.41) is 3.31. The first-order chi connectivity index (χ1) is 9.02. The van der Waals surface area contributed by atoms with Crippen LogP contribution < -0.4 is 15.8 Å². The van der Waals surface area contributed by atoms with Crippen LogP contribution in [-0.2, 0) is 11.3 Å². The Morgan fingerprint density at radius 1 is 1.47 bits per heavy atom. The zero-order valence-corrected chi connectivity index (χ0v) is 11.8. The number of aromatic nitrogens is 1. The fourth-order valence-corrected chi connectivity index (χ4v) is 1.58. The minimum atomic E-state index is -0.591. The van der Waals surface area contributed by atoms with Crippen LogP contribution in [0.15, 0.2) is 18.3 Å². The van der Waals surface area contributed by atoms with Crippen molar-refractivity contribution in [2.45, 2.75) is 39.8 Å². The normalized spacial score (nSPS) is 12.4. The number of ether oxygens (including phenoxy) is 1. The fourth-order valence-electron chi connectivity index (χ4n) is 1.58. The van der Waals surface area contributed by atoms with Gasteiger partial charge in [-0.3, -0.25) is 9.78 Å². The van der Waals surface area contributed by atoms with E-state index in [1.165, 1.54) is 0 Å². The molecule has 0 aromatic carbocycles. The third-order valence-corrected chi connectivity index (χ3v) is 2.62. The number of hydrogen-bond acceptors (Lipinski definition) is 4. The van der Waals surface area contributed by atoms with Gasteiger partial charge in [0.2, 0.25) is 0 Å². The Hall–Kier alpha value is -1.62. The Kier molecular flexibility index (Phi) is 6.29. The van der Waals surface area contributed by atoms with E-state index in [-0.39, 0.29) is 0 Å². The molecule has 0 saturated carbocycles. The van der Waals surface area contributed by atoms with Gasteiger partial charge in [-0.2, -0.15) is 0 Å². The highest BCUT2D eigenvalue weighted by atomic mass is 16.5. The summed E-state index contributed by atoms with van der Waals surface area (Å²) in [4.78, 5) is 15.4. The lowest BCUT2D eigenvalue weighted by atomic mass is 10.2. The zero-order chi connectivity index (χ0) is 14.3. The molecule has 1 heterocycles. The molecule has 0 fully saturated rings. The summed E-state index contributed by atoms with van der Waals surface area (Å²) in [5.74, 6) is 0.729. The van der Waals surface area contributed by atoms with Crippen molar-refractivity contribution in [3.8, 4) is 5.75 Å². The number of carbonyl (C=O) groups is 1. The molecule has 1 aromatic rings. The summed E-state index contributed by atoms with van der Waals surface area (Å²) in [6.45, 7) is 7.86. The minimum absolute atomic E-state index is 0.454. The quantitative estimate of drug-likeness (QED) is 0.746. The summed E-state index contributed by atoms with van der Waals surface area (Å²) < 4.78 is 5.47. The average Bonchev–Trinajstić information content (AvgIpc) is 2.37. The first kappa shape index (κ1) is 15.4. The lowest BCUT2D eigenvalue weighted by Crippen LogP contribution is -2.33. The number of nitrogens with one attached hydrogen (secondary N) is 1. The van der Waals surface area contributed by atoms with Crippen LogP contribution in [0.25, 0.3) is 0 Å². The number of rotatable bonds is 8. The molecule has 0 radical (unpaired) electrons. The van der Waals surface area contributed by atoms with Gasteiger partial charge in [-0.15, -0.1) is 0 Å². The third kappa shape index (κ3) is 5.70. The molecule has 5 nitrogen and oxygen atoms in total. The number of amides is 1. The summed E-state index contributed by atoms with van der Waals surface area (Å²) in [7, 11) is 0. The maximum Gasteiger partial charge on any atom is 0.258 e. The predicted octanol–water partition coefficient (Wildman–Crippen LogP) is 1.47. The van der Waals surface area contributed by atoms with Crippen LogP contribution in [0.2, 0.25) is 0 Å². The number of pyridine rings is 1. The Labute approximate surface area is 114 Å². The van der Waals surface area contributed by atoms with Crippen LogP contribution in [0.5, 0.6) is 5.75 Å². The molecule has 5 heteroatoms. The smallest absolute Gasteiger partial charge is 0.258 e. The second-order valence-electron chi connectivity index (χ2n) is 4.93. The summed E-state index contributed by atoms with van der Waals surface area (Å²) >= 11 is 0. The second-order valence-corrected chi connectivity index (χ2v) is 4.93. The Morgan fingerprint density at radius 2 is 2.21 bits per heavy atom. The maximum atomic E-state index is 11.1. The van der Waals surface area contributed by atoms with Crippen LogP contribution in [0.3, 0.4) is 0 Å². The van der Waals surface area contributed by atoms with Crippen molar-refractivity contribution in [3.63, 3.8) is 0 Å². The molecule has 0 spiro atoms. The summed E-state index contributed by atoms with van der Waals surface area (Å²) in [6.07, 6.45) is 1.58. The zero-order valence-electron chi connectivity index (χ0n) is 11.8. The third-order valence-electron chi connectivity index (χ3n) is 2.62. The van der Waals surface area contributed by atoms with E-state index in [9.17, 15) is 4.79 Å². The Balaban J connectivity index is 2.49. The first-order valence-corrected chi connectivity index (χ1v) is 6.64. The van der Waals surface area contributed by atoms with Crippen molar-refractivity contribution in [1.82, 2.24) is 10.3 Å². The largest absolute Gasteiger partial charge is 0.479 e. The van der Waals surface area contributed by atoms with Crippen LogP contribution in [0.1, 0.15) is 32.9 Å². The molecule has 0 aliphatic carbocycles. The number of primary amides is 1. The predicted molar refractivity (Wildman–Crippen MR) is 74.7 cm³/mol. The van der Waals surface area contributed by atoms with Gasteiger partial charge in [0, 0.05) is 6.54 Å². The van der Waals surface area contributed by atoms with E-state index in [1.807, 2.05) is 19.1 Å². The molecule has 3 N–H and O–H groups in total. The van der Waals surface area contributed by atoms with Gasteiger partial charge in [-0.1, -0.05) is 20.8 Å². The van der Waals surface area contributed by atoms with E-state index in [2.05, 4.69) is 24.1 Å². The fraction of sp³-hybridized carbons (Fsp3) is 0.571. The Bertz CT molecular complexity index is 390. The van der Waals surface area contributed by atoms with Crippen molar-refractivity contribution >= 4 is 5.91 Å². The molecular formula is C14H23N3O2. The SMILES string of the molecule is CCC(Oc1ccc(CNCC(C)C)nc1)C(N)=O. The monoisotopic (exact) mass is 265 g/mol. The van der Waals surface area contributed by atoms with Gasteiger partial charge in [0.25, 0.3) is 5.91 Å². The number of hydrogen-bond donors (Lipinski definition) is 2. The van der Waals surface area contributed by atoms with Gasteiger partial charge < -0.3 is 15.8 Å². The van der Waals surface area contributed by atoms with E-state index in [0.717, 1.165) is 18.8 Å². The summed E-state index contributed by atoms with van der Waals surface area (Å²) in [5.41, 5.74) is 6.17. The van der Waals surface area contributed by atoms with E-state index < -0.39 is 12.0 Å². The van der Waals surface area contributed by atoms with Crippen LogP contribution >= 0.6 is 0 Å². The van der Waals surface area contributed by atoms with Gasteiger partial charge in [-0.25, -0.2) is 0 Å². The molecule has 1 aromatic heterocycles. The van der Waals surface area contributed by atoms with Crippen LogP contribution in [0.4, 0.5) is 0 Å². The number of carbonyl (C=O) groups excluding carboxylic acids is 1. The molecular weight excluding hydrogens is 242 g/mol. The molecule has 1 amide bonds.